The van der Waals surface area contributed by atoms with Crippen LogP contribution in [-0.2, 0) is 9.67 Å². The molecule has 1 saturated carbocycles. The van der Waals surface area contributed by atoms with Crippen molar-refractivity contribution in [3.05, 3.63) is 41.0 Å². The zero-order valence-corrected chi connectivity index (χ0v) is 9.93. The maximum absolute atomic E-state index is 13.9. The molecule has 2 nitrogen and oxygen atoms in total. The normalized spacial score (nSPS) is 24.4. The number of alkyl halides is 1. The third-order valence-electron chi connectivity index (χ3n) is 3.13. The quantitative estimate of drug-likeness (QED) is 0.547. The summed E-state index contributed by atoms with van der Waals surface area (Å²) in [6.07, 6.45) is 2.49. The summed E-state index contributed by atoms with van der Waals surface area (Å²) in [7, 11) is 0. The molecule has 1 aromatic carbocycles. The van der Waals surface area contributed by atoms with Gasteiger partial charge < -0.3 is 0 Å². The second-order valence-corrected chi connectivity index (χ2v) is 4.85. The van der Waals surface area contributed by atoms with Gasteiger partial charge in [0.2, 0.25) is 0 Å². The molecule has 1 unspecified atom stereocenters. The highest BCUT2D eigenvalue weighted by Gasteiger charge is 2.41. The van der Waals surface area contributed by atoms with Gasteiger partial charge in [0.1, 0.15) is 10.7 Å². The van der Waals surface area contributed by atoms with Crippen molar-refractivity contribution in [1.29, 1.82) is 0 Å². The van der Waals surface area contributed by atoms with Gasteiger partial charge in [-0.2, -0.15) is 0 Å². The summed E-state index contributed by atoms with van der Waals surface area (Å²) < 4.78 is 13.9. The summed E-state index contributed by atoms with van der Waals surface area (Å²) in [5.74, 6) is -0.691. The summed E-state index contributed by atoms with van der Waals surface area (Å²) >= 11 is 6.28. The number of ketones is 1. The lowest BCUT2D eigenvalue weighted by atomic mass is 9.82. The number of nitrogens with zero attached hydrogens (tertiary/aromatic N) is 1. The molecule has 4 heteroatoms. The van der Waals surface area contributed by atoms with Crippen molar-refractivity contribution in [3.8, 4) is 0 Å². The van der Waals surface area contributed by atoms with Gasteiger partial charge in [0.25, 0.3) is 0 Å². The minimum atomic E-state index is -1.23. The maximum atomic E-state index is 13.9. The summed E-state index contributed by atoms with van der Waals surface area (Å²) in [5.41, 5.74) is 0.422. The lowest BCUT2D eigenvalue weighted by Crippen LogP contribution is -2.33. The Morgan fingerprint density at radius 2 is 2.18 bits per heavy atom. The summed E-state index contributed by atoms with van der Waals surface area (Å²) in [6, 6.07) is 4.09. The predicted octanol–water partition coefficient (Wildman–Crippen LogP) is 3.95. The first-order valence-electron chi connectivity index (χ1n) is 5.47. The number of carbonyl (C=O) groups is 1. The van der Waals surface area contributed by atoms with Crippen molar-refractivity contribution < 1.29 is 9.18 Å². The van der Waals surface area contributed by atoms with Crippen molar-refractivity contribution in [3.63, 3.8) is 0 Å². The molecule has 0 N–H and O–H groups in total. The molecule has 0 aliphatic heterocycles. The van der Waals surface area contributed by atoms with E-state index in [0.29, 0.717) is 12.8 Å². The average molecular weight is 252 g/mol. The summed E-state index contributed by atoms with van der Waals surface area (Å²) in [5, 5.41) is 0. The molecule has 88 valence electrons. The molecule has 0 heterocycles. The van der Waals surface area contributed by atoms with Gasteiger partial charge in [-0.15, -0.1) is 11.6 Å². The molecule has 0 amide bonds. The first-order valence-corrected chi connectivity index (χ1v) is 5.85. The maximum Gasteiger partial charge on any atom is 0.190 e. The molecule has 1 aromatic rings. The van der Waals surface area contributed by atoms with Crippen molar-refractivity contribution in [2.45, 2.75) is 30.6 Å². The number of halogens is 2. The zero-order valence-electron chi connectivity index (χ0n) is 9.17. The number of hydrogen-bond donors (Lipinski definition) is 0. The highest BCUT2D eigenvalue weighted by Crippen LogP contribution is 2.42. The highest BCUT2D eigenvalue weighted by atomic mass is 35.5. The number of hydrogen-bond acceptors (Lipinski definition) is 1. The smallest absolute Gasteiger partial charge is 0.190 e. The van der Waals surface area contributed by atoms with Gasteiger partial charge in [0.05, 0.1) is 6.57 Å². The van der Waals surface area contributed by atoms with Crippen LogP contribution in [0.4, 0.5) is 10.1 Å². The number of carbonyl (C=O) groups excluding carboxylic acids is 1. The standard InChI is InChI=1S/C13H11ClFNO/c1-16-9-5-6-10(11(15)8-9)13(14)7-3-2-4-12(13)17/h5-6,8H,2-4,7H2. The van der Waals surface area contributed by atoms with Crippen LogP contribution < -0.4 is 0 Å². The predicted molar refractivity (Wildman–Crippen MR) is 63.7 cm³/mol. The van der Waals surface area contributed by atoms with E-state index in [2.05, 4.69) is 4.85 Å². The van der Waals surface area contributed by atoms with E-state index in [1.54, 1.807) is 0 Å². The van der Waals surface area contributed by atoms with Crippen LogP contribution in [0.25, 0.3) is 4.85 Å². The largest absolute Gasteiger partial charge is 0.297 e. The van der Waals surface area contributed by atoms with E-state index in [4.69, 9.17) is 18.2 Å². The second-order valence-electron chi connectivity index (χ2n) is 4.21. The van der Waals surface area contributed by atoms with Gasteiger partial charge in [-0.25, -0.2) is 9.24 Å². The number of rotatable bonds is 1. The van der Waals surface area contributed by atoms with E-state index in [1.807, 2.05) is 0 Å². The Morgan fingerprint density at radius 1 is 1.41 bits per heavy atom. The van der Waals surface area contributed by atoms with Crippen LogP contribution in [0.15, 0.2) is 18.2 Å². The molecular formula is C13H11ClFNO. The van der Waals surface area contributed by atoms with Crippen LogP contribution in [0.2, 0.25) is 0 Å². The van der Waals surface area contributed by atoms with Gasteiger partial charge in [-0.05, 0) is 18.9 Å². The molecule has 1 aliphatic rings. The molecule has 0 radical (unpaired) electrons. The Labute approximate surface area is 104 Å². The minimum Gasteiger partial charge on any atom is -0.297 e. The fraction of sp³-hybridized carbons (Fsp3) is 0.385. The van der Waals surface area contributed by atoms with E-state index >= 15 is 0 Å². The van der Waals surface area contributed by atoms with E-state index in [1.165, 1.54) is 12.1 Å². The highest BCUT2D eigenvalue weighted by molar-refractivity contribution is 6.35. The number of Topliss-reactive ketones (excluding diaryl/α,β-unsaturated/α-hetero) is 1. The van der Waals surface area contributed by atoms with Crippen molar-refractivity contribution in [1.82, 2.24) is 0 Å². The first-order chi connectivity index (χ1) is 8.08. The molecule has 0 spiro atoms. The fourth-order valence-corrected chi connectivity index (χ4v) is 2.55. The fourth-order valence-electron chi connectivity index (χ4n) is 2.17. The average Bonchev–Trinajstić information content (AvgIpc) is 2.32. The van der Waals surface area contributed by atoms with Gasteiger partial charge in [0.15, 0.2) is 11.5 Å². The number of benzene rings is 1. The van der Waals surface area contributed by atoms with Crippen LogP contribution in [0.3, 0.4) is 0 Å². The molecule has 0 aromatic heterocycles. The third-order valence-corrected chi connectivity index (χ3v) is 3.73. The van der Waals surface area contributed by atoms with Crippen molar-refractivity contribution in [2.75, 3.05) is 0 Å². The topological polar surface area (TPSA) is 21.4 Å². The molecule has 1 aliphatic carbocycles. The van der Waals surface area contributed by atoms with E-state index in [9.17, 15) is 9.18 Å². The van der Waals surface area contributed by atoms with Crippen LogP contribution in [-0.4, -0.2) is 5.78 Å². The Morgan fingerprint density at radius 3 is 2.76 bits per heavy atom. The first kappa shape index (κ1) is 12.1. The van der Waals surface area contributed by atoms with E-state index in [0.717, 1.165) is 18.9 Å². The Bertz CT molecular complexity index is 509. The minimum absolute atomic E-state index is 0.125. The second kappa shape index (κ2) is 4.46. The van der Waals surface area contributed by atoms with Crippen LogP contribution in [0.5, 0.6) is 0 Å². The molecule has 1 fully saturated rings. The summed E-state index contributed by atoms with van der Waals surface area (Å²) in [4.78, 5) is 13.8. The van der Waals surface area contributed by atoms with Crippen molar-refractivity contribution >= 4 is 23.1 Å². The van der Waals surface area contributed by atoms with Crippen LogP contribution >= 0.6 is 11.6 Å². The van der Waals surface area contributed by atoms with E-state index in [-0.39, 0.29) is 17.0 Å². The molecule has 17 heavy (non-hydrogen) atoms. The SMILES string of the molecule is [C-]#[N+]c1ccc(C2(Cl)CCCCC2=O)c(F)c1. The molecule has 0 bridgehead atoms. The monoisotopic (exact) mass is 251 g/mol. The van der Waals surface area contributed by atoms with Gasteiger partial charge in [-0.1, -0.05) is 18.6 Å². The third kappa shape index (κ3) is 2.05. The summed E-state index contributed by atoms with van der Waals surface area (Å²) in [6.45, 7) is 6.80. The Kier molecular flexibility index (Phi) is 3.17. The van der Waals surface area contributed by atoms with Gasteiger partial charge in [0, 0.05) is 12.0 Å². The van der Waals surface area contributed by atoms with Gasteiger partial charge >= 0.3 is 0 Å². The van der Waals surface area contributed by atoms with Crippen LogP contribution in [0.1, 0.15) is 31.2 Å². The Balaban J connectivity index is 2.46. The van der Waals surface area contributed by atoms with Crippen LogP contribution in [0, 0.1) is 12.4 Å². The van der Waals surface area contributed by atoms with Gasteiger partial charge in [-0.3, -0.25) is 4.79 Å². The molecule has 0 saturated heterocycles. The van der Waals surface area contributed by atoms with E-state index < -0.39 is 10.7 Å². The van der Waals surface area contributed by atoms with Crippen molar-refractivity contribution in [2.24, 2.45) is 0 Å². The molecule has 2 rings (SSSR count). The zero-order chi connectivity index (χ0) is 12.5. The lowest BCUT2D eigenvalue weighted by Gasteiger charge is -2.30. The Hall–Kier alpha value is -1.40. The lowest BCUT2D eigenvalue weighted by molar-refractivity contribution is -0.123. The molecule has 1 atom stereocenters. The molecular weight excluding hydrogens is 241 g/mol.